The minimum Gasteiger partial charge on any atom is -0.423 e. The van der Waals surface area contributed by atoms with E-state index in [1.807, 2.05) is 12.1 Å². The molecule has 1 aliphatic rings. The molecule has 4 heteroatoms. The fourth-order valence-corrected chi connectivity index (χ4v) is 1.94. The Bertz CT molecular complexity index is 368. The van der Waals surface area contributed by atoms with Crippen molar-refractivity contribution in [3.8, 4) is 0 Å². The van der Waals surface area contributed by atoms with Gasteiger partial charge in [0.2, 0.25) is 0 Å². The molecule has 80 valence electrons. The first-order valence-corrected chi connectivity index (χ1v) is 5.30. The average molecular weight is 205 g/mol. The molecule has 0 bridgehead atoms. The summed E-state index contributed by atoms with van der Waals surface area (Å²) in [6, 6.07) is 6.06. The van der Waals surface area contributed by atoms with E-state index in [1.165, 1.54) is 5.56 Å². The lowest BCUT2D eigenvalue weighted by Gasteiger charge is -2.11. The lowest BCUT2D eigenvalue weighted by atomic mass is 9.78. The van der Waals surface area contributed by atoms with Crippen molar-refractivity contribution in [1.82, 2.24) is 0 Å². The van der Waals surface area contributed by atoms with Crippen LogP contribution in [-0.4, -0.2) is 18.7 Å². The van der Waals surface area contributed by atoms with Gasteiger partial charge in [-0.1, -0.05) is 32.0 Å². The number of fused-ring (bicyclic) bond motifs is 1. The lowest BCUT2D eigenvalue weighted by molar-refractivity contribution is 0.198. The Kier molecular flexibility index (Phi) is 2.82. The van der Waals surface area contributed by atoms with Gasteiger partial charge < -0.3 is 15.4 Å². The highest BCUT2D eigenvalue weighted by Gasteiger charge is 2.34. The van der Waals surface area contributed by atoms with Crippen LogP contribution in [0.2, 0.25) is 0 Å². The second-order valence-electron chi connectivity index (χ2n) is 4.26. The number of rotatable bonds is 2. The molecule has 0 amide bonds. The summed E-state index contributed by atoms with van der Waals surface area (Å²) in [7, 11) is -0.810. The van der Waals surface area contributed by atoms with Gasteiger partial charge >= 0.3 is 7.12 Å². The Morgan fingerprint density at radius 3 is 2.87 bits per heavy atom. The smallest absolute Gasteiger partial charge is 0.423 e. The first-order chi connectivity index (χ1) is 7.13. The van der Waals surface area contributed by atoms with Gasteiger partial charge in [-0.15, -0.1) is 0 Å². The van der Waals surface area contributed by atoms with Gasteiger partial charge in [0, 0.05) is 6.54 Å². The molecular weight excluding hydrogens is 189 g/mol. The van der Waals surface area contributed by atoms with Gasteiger partial charge in [0.1, 0.15) is 0 Å². The van der Waals surface area contributed by atoms with Gasteiger partial charge in [0.25, 0.3) is 0 Å². The molecule has 1 unspecified atom stereocenters. The zero-order valence-electron chi connectivity index (χ0n) is 9.10. The first-order valence-electron chi connectivity index (χ1n) is 5.30. The van der Waals surface area contributed by atoms with E-state index in [2.05, 4.69) is 19.9 Å². The molecule has 0 saturated heterocycles. The molecule has 1 atom stereocenters. The van der Waals surface area contributed by atoms with Crippen LogP contribution < -0.4 is 11.2 Å². The summed E-state index contributed by atoms with van der Waals surface area (Å²) >= 11 is 0. The zero-order chi connectivity index (χ0) is 11.0. The van der Waals surface area contributed by atoms with Gasteiger partial charge in [0.05, 0.1) is 6.10 Å². The van der Waals surface area contributed by atoms with Crippen LogP contribution in [0.15, 0.2) is 18.2 Å². The zero-order valence-corrected chi connectivity index (χ0v) is 9.10. The molecule has 0 saturated carbocycles. The number of benzene rings is 1. The van der Waals surface area contributed by atoms with Gasteiger partial charge in [0.15, 0.2) is 0 Å². The van der Waals surface area contributed by atoms with Crippen molar-refractivity contribution in [3.63, 3.8) is 0 Å². The Hall–Kier alpha value is -0.835. The summed E-state index contributed by atoms with van der Waals surface area (Å²) in [6.45, 7) is 4.70. The molecule has 1 aromatic rings. The first kappa shape index (κ1) is 10.7. The third-order valence-electron chi connectivity index (χ3n) is 2.90. The van der Waals surface area contributed by atoms with Crippen LogP contribution >= 0.6 is 0 Å². The molecule has 1 aromatic carbocycles. The van der Waals surface area contributed by atoms with Crippen LogP contribution in [0.25, 0.3) is 0 Å². The molecule has 0 spiro atoms. The summed E-state index contributed by atoms with van der Waals surface area (Å²) in [4.78, 5) is 0. The van der Waals surface area contributed by atoms with Gasteiger partial charge in [-0.05, 0) is 22.5 Å². The van der Waals surface area contributed by atoms with Crippen LogP contribution in [0.4, 0.5) is 0 Å². The standard InChI is InChI=1S/C11H16BNO2/c1-7(2)8-3-4-10-9(5-8)11(6-13)15-12(10)14/h3-5,7,11,14H,6,13H2,1-2H3. The molecule has 15 heavy (non-hydrogen) atoms. The molecule has 1 aliphatic heterocycles. The van der Waals surface area contributed by atoms with Crippen molar-refractivity contribution in [2.45, 2.75) is 25.9 Å². The quantitative estimate of drug-likeness (QED) is 0.692. The maximum absolute atomic E-state index is 9.63. The predicted molar refractivity (Wildman–Crippen MR) is 61.0 cm³/mol. The normalized spacial score (nSPS) is 19.8. The molecule has 0 aromatic heterocycles. The van der Waals surface area contributed by atoms with Crippen molar-refractivity contribution in [1.29, 1.82) is 0 Å². The highest BCUT2D eigenvalue weighted by Crippen LogP contribution is 2.25. The number of nitrogens with two attached hydrogens (primary N) is 1. The third kappa shape index (κ3) is 1.80. The van der Waals surface area contributed by atoms with Crippen molar-refractivity contribution in [2.75, 3.05) is 6.54 Å². The number of hydrogen-bond acceptors (Lipinski definition) is 3. The molecule has 3 N–H and O–H groups in total. The summed E-state index contributed by atoms with van der Waals surface area (Å²) < 4.78 is 5.35. The van der Waals surface area contributed by atoms with Crippen molar-refractivity contribution in [3.05, 3.63) is 29.3 Å². The minimum atomic E-state index is -0.810. The summed E-state index contributed by atoms with van der Waals surface area (Å²) in [5.41, 5.74) is 8.75. The molecule has 0 fully saturated rings. The fraction of sp³-hybridized carbons (Fsp3) is 0.455. The van der Waals surface area contributed by atoms with Gasteiger partial charge in [-0.25, -0.2) is 0 Å². The van der Waals surface area contributed by atoms with Crippen LogP contribution in [0, 0.1) is 0 Å². The van der Waals surface area contributed by atoms with E-state index in [0.717, 1.165) is 11.0 Å². The van der Waals surface area contributed by atoms with Crippen molar-refractivity contribution >= 4 is 12.6 Å². The Morgan fingerprint density at radius 1 is 1.53 bits per heavy atom. The highest BCUT2D eigenvalue weighted by molar-refractivity contribution is 6.61. The summed E-state index contributed by atoms with van der Waals surface area (Å²) in [5.74, 6) is 0.478. The van der Waals surface area contributed by atoms with E-state index in [-0.39, 0.29) is 6.10 Å². The maximum Gasteiger partial charge on any atom is 0.492 e. The maximum atomic E-state index is 9.63. The van der Waals surface area contributed by atoms with Crippen molar-refractivity contribution < 1.29 is 9.68 Å². The van der Waals surface area contributed by atoms with E-state index in [1.54, 1.807) is 0 Å². The van der Waals surface area contributed by atoms with Crippen LogP contribution in [0.1, 0.15) is 37.0 Å². The van der Waals surface area contributed by atoms with Crippen molar-refractivity contribution in [2.24, 2.45) is 5.73 Å². The third-order valence-corrected chi connectivity index (χ3v) is 2.90. The number of hydrogen-bond donors (Lipinski definition) is 2. The molecule has 0 radical (unpaired) electrons. The molecule has 2 rings (SSSR count). The Labute approximate surface area is 90.4 Å². The van der Waals surface area contributed by atoms with Crippen LogP contribution in [0.3, 0.4) is 0 Å². The Balaban J connectivity index is 2.42. The average Bonchev–Trinajstić information content (AvgIpc) is 2.55. The summed E-state index contributed by atoms with van der Waals surface area (Å²) in [5, 5.41) is 9.63. The van der Waals surface area contributed by atoms with E-state index in [0.29, 0.717) is 12.5 Å². The summed E-state index contributed by atoms with van der Waals surface area (Å²) in [6.07, 6.45) is -0.159. The Morgan fingerprint density at radius 2 is 2.27 bits per heavy atom. The van der Waals surface area contributed by atoms with E-state index < -0.39 is 7.12 Å². The van der Waals surface area contributed by atoms with E-state index in [9.17, 15) is 5.02 Å². The van der Waals surface area contributed by atoms with Gasteiger partial charge in [-0.2, -0.15) is 0 Å². The fourth-order valence-electron chi connectivity index (χ4n) is 1.94. The predicted octanol–water partition coefficient (Wildman–Crippen LogP) is 0.528. The van der Waals surface area contributed by atoms with Crippen LogP contribution in [-0.2, 0) is 4.65 Å². The van der Waals surface area contributed by atoms with E-state index >= 15 is 0 Å². The SMILES string of the molecule is CC(C)c1ccc2c(c1)C(CN)OB2O. The molecule has 1 heterocycles. The molecule has 0 aliphatic carbocycles. The monoisotopic (exact) mass is 205 g/mol. The van der Waals surface area contributed by atoms with Crippen LogP contribution in [0.5, 0.6) is 0 Å². The second-order valence-corrected chi connectivity index (χ2v) is 4.26. The second kappa shape index (κ2) is 3.97. The topological polar surface area (TPSA) is 55.5 Å². The lowest BCUT2D eigenvalue weighted by Crippen LogP contribution is -2.28. The highest BCUT2D eigenvalue weighted by atomic mass is 16.5. The molecular formula is C11H16BNO2. The molecule has 3 nitrogen and oxygen atoms in total. The minimum absolute atomic E-state index is 0.159. The van der Waals surface area contributed by atoms with E-state index in [4.69, 9.17) is 10.4 Å². The largest absolute Gasteiger partial charge is 0.492 e. The van der Waals surface area contributed by atoms with Gasteiger partial charge in [-0.3, -0.25) is 0 Å².